The molecular weight excluding hydrogens is 319 g/mol. The highest BCUT2D eigenvalue weighted by Crippen LogP contribution is 2.24. The Morgan fingerprint density at radius 3 is 2.18 bits per heavy atom. The molecule has 0 radical (unpaired) electrons. The summed E-state index contributed by atoms with van der Waals surface area (Å²) in [5.41, 5.74) is 0. The predicted molar refractivity (Wildman–Crippen MR) is 75.2 cm³/mol. The number of benzene rings is 1. The van der Waals surface area contributed by atoms with Gasteiger partial charge in [0, 0.05) is 13.1 Å². The van der Waals surface area contributed by atoms with Crippen LogP contribution < -0.4 is 4.74 Å². The van der Waals surface area contributed by atoms with Crippen molar-refractivity contribution >= 4 is 10.0 Å². The van der Waals surface area contributed by atoms with Crippen LogP contribution in [0, 0.1) is 0 Å². The molecule has 0 atom stereocenters. The highest BCUT2D eigenvalue weighted by atomic mass is 32.2. The molecule has 0 saturated carbocycles. The maximum Gasteiger partial charge on any atom is 0.392 e. The van der Waals surface area contributed by atoms with Crippen LogP contribution in [0.1, 0.15) is 25.7 Å². The first-order valence-electron chi connectivity index (χ1n) is 7.09. The molecule has 0 aromatic heterocycles. The molecule has 4 nitrogen and oxygen atoms in total. The lowest BCUT2D eigenvalue weighted by atomic mass is 10.2. The van der Waals surface area contributed by atoms with Gasteiger partial charge in [-0.05, 0) is 37.1 Å². The molecule has 0 spiro atoms. The van der Waals surface area contributed by atoms with Crippen LogP contribution in [0.25, 0.3) is 0 Å². The van der Waals surface area contributed by atoms with Gasteiger partial charge in [0.15, 0.2) is 0 Å². The Kier molecular flexibility index (Phi) is 5.33. The molecule has 124 valence electrons. The number of alkyl halides is 3. The Hall–Kier alpha value is -1.28. The van der Waals surface area contributed by atoms with Crippen molar-refractivity contribution in [2.45, 2.75) is 36.8 Å². The lowest BCUT2D eigenvalue weighted by Crippen LogP contribution is -2.35. The first-order valence-corrected chi connectivity index (χ1v) is 8.53. The molecule has 1 aromatic rings. The Morgan fingerprint density at radius 2 is 1.64 bits per heavy atom. The fraction of sp³-hybridized carbons (Fsp3) is 0.571. The SMILES string of the molecule is O=S(=O)(c1ccc(OCCC(F)(F)F)cc1)N1CCCCC1. The summed E-state index contributed by atoms with van der Waals surface area (Å²) in [6.07, 6.45) is -2.59. The van der Waals surface area contributed by atoms with Crippen molar-refractivity contribution < 1.29 is 26.3 Å². The Morgan fingerprint density at radius 1 is 1.05 bits per heavy atom. The molecule has 2 rings (SSSR count). The molecule has 1 saturated heterocycles. The number of hydrogen-bond acceptors (Lipinski definition) is 3. The van der Waals surface area contributed by atoms with Crippen LogP contribution in [-0.2, 0) is 10.0 Å². The van der Waals surface area contributed by atoms with Crippen molar-refractivity contribution in [1.82, 2.24) is 4.31 Å². The standard InChI is InChI=1S/C14H18F3NO3S/c15-14(16,17)8-11-21-12-4-6-13(7-5-12)22(19,20)18-9-2-1-3-10-18/h4-7H,1-3,8-11H2. The van der Waals surface area contributed by atoms with Crippen LogP contribution in [0.5, 0.6) is 5.75 Å². The van der Waals surface area contributed by atoms with E-state index in [2.05, 4.69) is 0 Å². The second-order valence-electron chi connectivity index (χ2n) is 5.15. The zero-order chi connectivity index (χ0) is 16.2. The van der Waals surface area contributed by atoms with Gasteiger partial charge in [0.05, 0.1) is 17.9 Å². The van der Waals surface area contributed by atoms with Gasteiger partial charge >= 0.3 is 6.18 Å². The van der Waals surface area contributed by atoms with Crippen LogP contribution in [-0.4, -0.2) is 38.6 Å². The van der Waals surface area contributed by atoms with E-state index in [0.29, 0.717) is 13.1 Å². The molecule has 0 bridgehead atoms. The third-order valence-corrected chi connectivity index (χ3v) is 5.34. The highest BCUT2D eigenvalue weighted by Gasteiger charge is 2.27. The maximum absolute atomic E-state index is 12.4. The van der Waals surface area contributed by atoms with Crippen LogP contribution in [0.3, 0.4) is 0 Å². The number of hydrogen-bond donors (Lipinski definition) is 0. The molecule has 22 heavy (non-hydrogen) atoms. The number of halogens is 3. The fourth-order valence-corrected chi connectivity index (χ4v) is 3.76. The summed E-state index contributed by atoms with van der Waals surface area (Å²) in [5.74, 6) is 0.224. The first kappa shape index (κ1) is 17.1. The monoisotopic (exact) mass is 337 g/mol. The van der Waals surface area contributed by atoms with E-state index in [-0.39, 0.29) is 10.6 Å². The molecule has 0 N–H and O–H groups in total. The Balaban J connectivity index is 1.99. The minimum absolute atomic E-state index is 0.137. The number of piperidine rings is 1. The summed E-state index contributed by atoms with van der Waals surface area (Å²) < 4.78 is 67.2. The summed E-state index contributed by atoms with van der Waals surface area (Å²) >= 11 is 0. The summed E-state index contributed by atoms with van der Waals surface area (Å²) in [6, 6.07) is 5.50. The molecule has 0 aliphatic carbocycles. The van der Waals surface area contributed by atoms with Crippen LogP contribution in [0.2, 0.25) is 0 Å². The Bertz CT molecular complexity index is 578. The minimum Gasteiger partial charge on any atom is -0.493 e. The van der Waals surface area contributed by atoms with E-state index in [1.165, 1.54) is 28.6 Å². The molecular formula is C14H18F3NO3S. The Labute approximate surface area is 127 Å². The van der Waals surface area contributed by atoms with Gasteiger partial charge in [-0.1, -0.05) is 6.42 Å². The van der Waals surface area contributed by atoms with Gasteiger partial charge in [-0.2, -0.15) is 17.5 Å². The zero-order valence-electron chi connectivity index (χ0n) is 12.0. The van der Waals surface area contributed by atoms with Gasteiger partial charge in [-0.15, -0.1) is 0 Å². The molecule has 1 aliphatic rings. The van der Waals surface area contributed by atoms with Crippen molar-refractivity contribution in [3.8, 4) is 5.75 Å². The van der Waals surface area contributed by atoms with Crippen molar-refractivity contribution in [3.63, 3.8) is 0 Å². The molecule has 1 aliphatic heterocycles. The second kappa shape index (κ2) is 6.87. The van der Waals surface area contributed by atoms with E-state index in [1.807, 2.05) is 0 Å². The maximum atomic E-state index is 12.4. The van der Waals surface area contributed by atoms with Crippen molar-refractivity contribution in [1.29, 1.82) is 0 Å². The van der Waals surface area contributed by atoms with Crippen molar-refractivity contribution in [2.75, 3.05) is 19.7 Å². The predicted octanol–water partition coefficient (Wildman–Crippen LogP) is 3.19. The van der Waals surface area contributed by atoms with Gasteiger partial charge in [0.25, 0.3) is 0 Å². The van der Waals surface area contributed by atoms with Gasteiger partial charge in [-0.3, -0.25) is 0 Å². The lowest BCUT2D eigenvalue weighted by molar-refractivity contribution is -0.139. The molecule has 1 fully saturated rings. The van der Waals surface area contributed by atoms with Gasteiger partial charge < -0.3 is 4.74 Å². The topological polar surface area (TPSA) is 46.6 Å². The first-order chi connectivity index (χ1) is 10.3. The van der Waals surface area contributed by atoms with E-state index in [4.69, 9.17) is 4.74 Å². The quantitative estimate of drug-likeness (QED) is 0.829. The second-order valence-corrected chi connectivity index (χ2v) is 7.09. The van der Waals surface area contributed by atoms with Crippen molar-refractivity contribution in [3.05, 3.63) is 24.3 Å². The fourth-order valence-electron chi connectivity index (χ4n) is 2.25. The van der Waals surface area contributed by atoms with Gasteiger partial charge in [-0.25, -0.2) is 8.42 Å². The molecule has 0 amide bonds. The average molecular weight is 337 g/mol. The molecule has 1 heterocycles. The average Bonchev–Trinajstić information content (AvgIpc) is 2.47. The highest BCUT2D eigenvalue weighted by molar-refractivity contribution is 7.89. The minimum atomic E-state index is -4.27. The zero-order valence-corrected chi connectivity index (χ0v) is 12.8. The summed E-state index contributed by atoms with van der Waals surface area (Å²) in [4.78, 5) is 0.137. The number of rotatable bonds is 5. The molecule has 8 heteroatoms. The number of nitrogens with zero attached hydrogens (tertiary/aromatic N) is 1. The molecule has 1 aromatic carbocycles. The largest absolute Gasteiger partial charge is 0.493 e. The van der Waals surface area contributed by atoms with E-state index in [0.717, 1.165) is 19.3 Å². The summed E-state index contributed by atoms with van der Waals surface area (Å²) in [5, 5.41) is 0. The van der Waals surface area contributed by atoms with Crippen LogP contribution >= 0.6 is 0 Å². The lowest BCUT2D eigenvalue weighted by Gasteiger charge is -2.25. The van der Waals surface area contributed by atoms with E-state index < -0.39 is 29.2 Å². The third-order valence-electron chi connectivity index (χ3n) is 3.43. The van der Waals surface area contributed by atoms with Gasteiger partial charge in [0.2, 0.25) is 10.0 Å². The molecule has 0 unspecified atom stereocenters. The number of sulfonamides is 1. The van der Waals surface area contributed by atoms with Gasteiger partial charge in [0.1, 0.15) is 5.75 Å². The third kappa shape index (κ3) is 4.61. The van der Waals surface area contributed by atoms with E-state index in [1.54, 1.807) is 0 Å². The number of ether oxygens (including phenoxy) is 1. The van der Waals surface area contributed by atoms with E-state index >= 15 is 0 Å². The normalized spacial score (nSPS) is 17.4. The van der Waals surface area contributed by atoms with Crippen molar-refractivity contribution in [2.24, 2.45) is 0 Å². The smallest absolute Gasteiger partial charge is 0.392 e. The van der Waals surface area contributed by atoms with Crippen LogP contribution in [0.15, 0.2) is 29.2 Å². The van der Waals surface area contributed by atoms with E-state index in [9.17, 15) is 21.6 Å². The van der Waals surface area contributed by atoms with Crippen LogP contribution in [0.4, 0.5) is 13.2 Å². The summed E-state index contributed by atoms with van der Waals surface area (Å²) in [7, 11) is -3.52. The summed E-state index contributed by atoms with van der Waals surface area (Å²) in [6.45, 7) is 0.528.